The summed E-state index contributed by atoms with van der Waals surface area (Å²) in [5.74, 6) is 2.39. The molecule has 0 aromatic heterocycles. The van der Waals surface area contributed by atoms with E-state index < -0.39 is 5.60 Å². The molecule has 1 N–H and O–H groups in total. The zero-order valence-corrected chi connectivity index (χ0v) is 17.1. The van der Waals surface area contributed by atoms with E-state index in [2.05, 4.69) is 5.32 Å². The van der Waals surface area contributed by atoms with Crippen molar-refractivity contribution >= 4 is 11.7 Å². The highest BCUT2D eigenvalue weighted by atomic mass is 16.5. The molecule has 6 nitrogen and oxygen atoms in total. The summed E-state index contributed by atoms with van der Waals surface area (Å²) in [6.07, 6.45) is 2.10. The second-order valence-corrected chi connectivity index (χ2v) is 8.38. The van der Waals surface area contributed by atoms with Gasteiger partial charge in [0.25, 0.3) is 0 Å². The van der Waals surface area contributed by atoms with Crippen LogP contribution in [-0.4, -0.2) is 31.5 Å². The predicted octanol–water partition coefficient (Wildman–Crippen LogP) is 3.38. The number of Topliss-reactive ketones (excluding diaryl/α,β-unsaturated/α-hetero) is 1. The summed E-state index contributed by atoms with van der Waals surface area (Å²) < 4.78 is 17.2. The molecule has 2 aromatic rings. The number of carbonyl (C=O) groups is 2. The Kier molecular flexibility index (Phi) is 4.45. The van der Waals surface area contributed by atoms with Gasteiger partial charge in [-0.3, -0.25) is 9.59 Å². The minimum Gasteiger partial charge on any atom is -0.496 e. The normalized spacial score (nSPS) is 28.3. The van der Waals surface area contributed by atoms with Crippen molar-refractivity contribution in [3.8, 4) is 17.2 Å². The van der Waals surface area contributed by atoms with Gasteiger partial charge in [-0.1, -0.05) is 18.2 Å². The summed E-state index contributed by atoms with van der Waals surface area (Å²) >= 11 is 0. The number of hydrogen-bond donors (Lipinski definition) is 1. The van der Waals surface area contributed by atoms with Crippen LogP contribution in [0.3, 0.4) is 0 Å². The SMILES string of the molecule is COc1cccc(OC)c1CNC(=O)[C@@H]1[C@@H]2CC[C@]3(CC(=O)c4ccccc4O3)[C@@H]21. The Hall–Kier alpha value is -3.02. The second kappa shape index (κ2) is 7.04. The van der Waals surface area contributed by atoms with Crippen molar-refractivity contribution < 1.29 is 23.8 Å². The molecule has 1 amide bonds. The number of fused-ring (bicyclic) bond motifs is 3. The van der Waals surface area contributed by atoms with Crippen molar-refractivity contribution in [2.75, 3.05) is 14.2 Å². The minimum atomic E-state index is -0.541. The maximum atomic E-state index is 13.0. The number of hydrogen-bond acceptors (Lipinski definition) is 5. The number of nitrogens with one attached hydrogen (secondary N) is 1. The van der Waals surface area contributed by atoms with Gasteiger partial charge in [0.15, 0.2) is 5.78 Å². The van der Waals surface area contributed by atoms with E-state index in [0.29, 0.717) is 35.8 Å². The Labute approximate surface area is 175 Å². The molecule has 2 aliphatic carbocycles. The molecule has 1 aliphatic heterocycles. The lowest BCUT2D eigenvalue weighted by atomic mass is 9.84. The van der Waals surface area contributed by atoms with Crippen LogP contribution in [0.15, 0.2) is 42.5 Å². The van der Waals surface area contributed by atoms with Crippen LogP contribution < -0.4 is 19.5 Å². The van der Waals surface area contributed by atoms with Gasteiger partial charge in [-0.05, 0) is 43.0 Å². The van der Waals surface area contributed by atoms with Gasteiger partial charge in [0.05, 0.1) is 38.3 Å². The number of rotatable bonds is 5. The first-order valence-corrected chi connectivity index (χ1v) is 10.4. The number of benzene rings is 2. The third kappa shape index (κ3) is 2.85. The molecule has 1 spiro atoms. The number of methoxy groups -OCH3 is 2. The lowest BCUT2D eigenvalue weighted by molar-refractivity contribution is -0.124. The highest BCUT2D eigenvalue weighted by Crippen LogP contribution is 2.65. The number of amides is 1. The zero-order valence-electron chi connectivity index (χ0n) is 17.1. The number of ketones is 1. The van der Waals surface area contributed by atoms with Gasteiger partial charge in [0, 0.05) is 11.8 Å². The summed E-state index contributed by atoms with van der Waals surface area (Å²) in [4.78, 5) is 25.7. The van der Waals surface area contributed by atoms with Crippen molar-refractivity contribution in [3.63, 3.8) is 0 Å². The summed E-state index contributed by atoms with van der Waals surface area (Å²) in [6.45, 7) is 0.331. The van der Waals surface area contributed by atoms with E-state index in [0.717, 1.165) is 18.4 Å². The third-order valence-corrected chi connectivity index (χ3v) is 6.91. The van der Waals surface area contributed by atoms with Crippen LogP contribution >= 0.6 is 0 Å². The van der Waals surface area contributed by atoms with E-state index in [1.165, 1.54) is 0 Å². The third-order valence-electron chi connectivity index (χ3n) is 6.91. The molecular weight excluding hydrogens is 382 g/mol. The fraction of sp³-hybridized carbons (Fsp3) is 0.417. The summed E-state index contributed by atoms with van der Waals surface area (Å²) in [7, 11) is 3.20. The van der Waals surface area contributed by atoms with Crippen LogP contribution in [0, 0.1) is 17.8 Å². The first kappa shape index (κ1) is 19.0. The number of ether oxygens (including phenoxy) is 3. The van der Waals surface area contributed by atoms with Gasteiger partial charge >= 0.3 is 0 Å². The molecule has 0 radical (unpaired) electrons. The average molecular weight is 407 g/mol. The van der Waals surface area contributed by atoms with Gasteiger partial charge in [0.1, 0.15) is 22.8 Å². The largest absolute Gasteiger partial charge is 0.496 e. The molecule has 0 unspecified atom stereocenters. The van der Waals surface area contributed by atoms with E-state index in [1.54, 1.807) is 14.2 Å². The smallest absolute Gasteiger partial charge is 0.224 e. The molecule has 1 heterocycles. The summed E-state index contributed by atoms with van der Waals surface area (Å²) in [5.41, 5.74) is 0.922. The van der Waals surface area contributed by atoms with Crippen molar-refractivity contribution in [1.82, 2.24) is 5.32 Å². The maximum absolute atomic E-state index is 13.0. The maximum Gasteiger partial charge on any atom is 0.224 e. The predicted molar refractivity (Wildman–Crippen MR) is 110 cm³/mol. The molecule has 4 atom stereocenters. The van der Waals surface area contributed by atoms with Crippen LogP contribution in [0.1, 0.15) is 35.2 Å². The van der Waals surface area contributed by atoms with Crippen LogP contribution in [0.2, 0.25) is 0 Å². The first-order valence-electron chi connectivity index (χ1n) is 10.4. The molecule has 2 aromatic carbocycles. The van der Waals surface area contributed by atoms with Crippen molar-refractivity contribution in [3.05, 3.63) is 53.6 Å². The molecule has 6 heteroatoms. The highest BCUT2D eigenvalue weighted by molar-refractivity contribution is 6.00. The fourth-order valence-electron chi connectivity index (χ4n) is 5.51. The van der Waals surface area contributed by atoms with Crippen LogP contribution in [0.5, 0.6) is 17.2 Å². The zero-order chi connectivity index (χ0) is 20.9. The number of para-hydroxylation sites is 1. The molecule has 2 saturated carbocycles. The van der Waals surface area contributed by atoms with Crippen molar-refractivity contribution in [2.45, 2.75) is 31.4 Å². The van der Waals surface area contributed by atoms with Gasteiger partial charge in [-0.25, -0.2) is 0 Å². The first-order chi connectivity index (χ1) is 14.6. The van der Waals surface area contributed by atoms with Gasteiger partial charge < -0.3 is 19.5 Å². The van der Waals surface area contributed by atoms with Gasteiger partial charge in [-0.15, -0.1) is 0 Å². The topological polar surface area (TPSA) is 73.9 Å². The van der Waals surface area contributed by atoms with Gasteiger partial charge in [-0.2, -0.15) is 0 Å². The summed E-state index contributed by atoms with van der Waals surface area (Å²) in [6, 6.07) is 13.0. The molecule has 2 fully saturated rings. The fourth-order valence-corrected chi connectivity index (χ4v) is 5.51. The molecule has 5 rings (SSSR count). The Morgan fingerprint density at radius 2 is 1.87 bits per heavy atom. The Bertz CT molecular complexity index is 996. The van der Waals surface area contributed by atoms with E-state index in [1.807, 2.05) is 42.5 Å². The van der Waals surface area contributed by atoms with Gasteiger partial charge in [0.2, 0.25) is 5.91 Å². The molecular formula is C24H25NO5. The van der Waals surface area contributed by atoms with E-state index >= 15 is 0 Å². The molecule has 0 saturated heterocycles. The Balaban J connectivity index is 1.31. The van der Waals surface area contributed by atoms with Crippen LogP contribution in [0.4, 0.5) is 0 Å². The van der Waals surface area contributed by atoms with Crippen molar-refractivity contribution in [2.24, 2.45) is 17.8 Å². The quantitative estimate of drug-likeness (QED) is 0.823. The average Bonchev–Trinajstić information content (AvgIpc) is 3.42. The highest BCUT2D eigenvalue weighted by Gasteiger charge is 2.70. The number of carbonyl (C=O) groups excluding carboxylic acids is 2. The lowest BCUT2D eigenvalue weighted by Crippen LogP contribution is -2.44. The van der Waals surface area contributed by atoms with Crippen LogP contribution in [0.25, 0.3) is 0 Å². The minimum absolute atomic E-state index is 0.00643. The molecule has 0 bridgehead atoms. The molecule has 3 aliphatic rings. The second-order valence-electron chi connectivity index (χ2n) is 8.38. The Morgan fingerprint density at radius 3 is 2.60 bits per heavy atom. The molecule has 30 heavy (non-hydrogen) atoms. The van der Waals surface area contributed by atoms with Crippen molar-refractivity contribution in [1.29, 1.82) is 0 Å². The van der Waals surface area contributed by atoms with E-state index in [4.69, 9.17) is 14.2 Å². The molecule has 156 valence electrons. The Morgan fingerprint density at radius 1 is 1.13 bits per heavy atom. The lowest BCUT2D eigenvalue weighted by Gasteiger charge is -2.37. The standard InChI is InChI=1S/C24H25NO5/c1-28-18-8-5-9-19(29-2)16(18)13-25-23(27)21-15-10-11-24(22(15)21)12-17(26)14-6-3-4-7-20(14)30-24/h3-9,15,21-22H,10-13H2,1-2H3,(H,25,27)/t15-,21+,22-,24-/m0/s1. The van der Waals surface area contributed by atoms with E-state index in [9.17, 15) is 9.59 Å². The summed E-state index contributed by atoms with van der Waals surface area (Å²) in [5, 5.41) is 3.05. The van der Waals surface area contributed by atoms with Crippen LogP contribution in [-0.2, 0) is 11.3 Å². The van der Waals surface area contributed by atoms with E-state index in [-0.39, 0.29) is 29.4 Å². The monoisotopic (exact) mass is 407 g/mol.